The summed E-state index contributed by atoms with van der Waals surface area (Å²) in [4.78, 5) is 27.8. The first-order chi connectivity index (χ1) is 12.0. The second-order valence-electron chi connectivity index (χ2n) is 6.08. The molecule has 8 heteroatoms. The van der Waals surface area contributed by atoms with Crippen LogP contribution >= 0.6 is 0 Å². The third kappa shape index (κ3) is 3.38. The molecule has 0 unspecified atom stereocenters. The van der Waals surface area contributed by atoms with Crippen LogP contribution in [0.15, 0.2) is 30.6 Å². The number of aromatic nitrogens is 3. The fourth-order valence-corrected chi connectivity index (χ4v) is 3.09. The van der Waals surface area contributed by atoms with Crippen LogP contribution in [0.4, 0.5) is 4.39 Å². The van der Waals surface area contributed by atoms with Crippen LogP contribution in [0.2, 0.25) is 0 Å². The molecular formula is C17H19FN4O3. The SMILES string of the molecule is COC(=O)[C@@H]1CC[C@@H](C)N(C(=O)c2ccc(F)cc2-n2nccn2)C1. The Labute approximate surface area is 144 Å². The zero-order chi connectivity index (χ0) is 18.0. The molecule has 1 aromatic carbocycles. The molecule has 1 fully saturated rings. The normalized spacial score (nSPS) is 20.4. The molecule has 1 aliphatic heterocycles. The lowest BCUT2D eigenvalue weighted by atomic mass is 9.92. The van der Waals surface area contributed by atoms with Crippen molar-refractivity contribution >= 4 is 11.9 Å². The Kier molecular flexibility index (Phi) is 4.78. The van der Waals surface area contributed by atoms with Crippen LogP contribution in [0.5, 0.6) is 0 Å². The summed E-state index contributed by atoms with van der Waals surface area (Å²) in [5, 5.41) is 7.97. The van der Waals surface area contributed by atoms with Gasteiger partial charge < -0.3 is 9.64 Å². The van der Waals surface area contributed by atoms with Crippen molar-refractivity contribution in [2.75, 3.05) is 13.7 Å². The number of ether oxygens (including phenoxy) is 1. The van der Waals surface area contributed by atoms with Gasteiger partial charge in [-0.3, -0.25) is 9.59 Å². The van der Waals surface area contributed by atoms with Gasteiger partial charge in [0.1, 0.15) is 11.5 Å². The highest BCUT2D eigenvalue weighted by atomic mass is 19.1. The molecule has 7 nitrogen and oxygen atoms in total. The predicted octanol–water partition coefficient (Wildman–Crippen LogP) is 1.82. The number of amides is 1. The number of carbonyl (C=O) groups is 2. The van der Waals surface area contributed by atoms with Crippen molar-refractivity contribution in [1.82, 2.24) is 19.9 Å². The number of hydrogen-bond acceptors (Lipinski definition) is 5. The maximum Gasteiger partial charge on any atom is 0.310 e. The molecule has 0 radical (unpaired) electrons. The molecule has 0 spiro atoms. The molecule has 2 heterocycles. The van der Waals surface area contributed by atoms with Gasteiger partial charge in [0.15, 0.2) is 0 Å². The highest BCUT2D eigenvalue weighted by Crippen LogP contribution is 2.26. The summed E-state index contributed by atoms with van der Waals surface area (Å²) < 4.78 is 18.5. The fourth-order valence-electron chi connectivity index (χ4n) is 3.09. The van der Waals surface area contributed by atoms with E-state index in [1.165, 1.54) is 42.5 Å². The molecule has 1 aromatic heterocycles. The van der Waals surface area contributed by atoms with E-state index in [1.807, 2.05) is 6.92 Å². The number of benzene rings is 1. The Morgan fingerprint density at radius 3 is 2.64 bits per heavy atom. The summed E-state index contributed by atoms with van der Waals surface area (Å²) in [5.41, 5.74) is 0.553. The number of piperidine rings is 1. The molecule has 1 amide bonds. The first-order valence-corrected chi connectivity index (χ1v) is 8.06. The molecule has 0 N–H and O–H groups in total. The van der Waals surface area contributed by atoms with Crippen LogP contribution in [-0.4, -0.2) is 51.5 Å². The maximum absolute atomic E-state index is 13.7. The molecular weight excluding hydrogens is 327 g/mol. The van der Waals surface area contributed by atoms with Crippen molar-refractivity contribution < 1.29 is 18.7 Å². The fraction of sp³-hybridized carbons (Fsp3) is 0.412. The van der Waals surface area contributed by atoms with Crippen molar-refractivity contribution in [2.45, 2.75) is 25.8 Å². The Bertz CT molecular complexity index is 778. The number of carbonyl (C=O) groups excluding carboxylic acids is 2. The summed E-state index contributed by atoms with van der Waals surface area (Å²) in [6, 6.07) is 3.84. The van der Waals surface area contributed by atoms with Crippen molar-refractivity contribution in [3.63, 3.8) is 0 Å². The number of halogens is 1. The van der Waals surface area contributed by atoms with E-state index in [0.29, 0.717) is 12.8 Å². The van der Waals surface area contributed by atoms with Gasteiger partial charge in [0.2, 0.25) is 0 Å². The quantitative estimate of drug-likeness (QED) is 0.792. The van der Waals surface area contributed by atoms with Gasteiger partial charge in [-0.2, -0.15) is 15.0 Å². The molecule has 1 saturated heterocycles. The average molecular weight is 346 g/mol. The smallest absolute Gasteiger partial charge is 0.310 e. The Morgan fingerprint density at radius 2 is 1.96 bits per heavy atom. The number of rotatable bonds is 3. The molecule has 25 heavy (non-hydrogen) atoms. The van der Waals surface area contributed by atoms with E-state index in [1.54, 1.807) is 4.90 Å². The molecule has 2 aromatic rings. The van der Waals surface area contributed by atoms with Crippen molar-refractivity contribution in [2.24, 2.45) is 5.92 Å². The summed E-state index contributed by atoms with van der Waals surface area (Å²) in [6.45, 7) is 2.21. The van der Waals surface area contributed by atoms with E-state index in [4.69, 9.17) is 4.74 Å². The summed E-state index contributed by atoms with van der Waals surface area (Å²) in [5.74, 6) is -1.44. The maximum atomic E-state index is 13.7. The average Bonchev–Trinajstić information content (AvgIpc) is 3.15. The summed E-state index contributed by atoms with van der Waals surface area (Å²) in [7, 11) is 1.34. The van der Waals surface area contributed by atoms with E-state index in [0.717, 1.165) is 0 Å². The van der Waals surface area contributed by atoms with Crippen LogP contribution in [0.1, 0.15) is 30.1 Å². The van der Waals surface area contributed by atoms with Gasteiger partial charge in [-0.25, -0.2) is 4.39 Å². The number of likely N-dealkylation sites (tertiary alicyclic amines) is 1. The first-order valence-electron chi connectivity index (χ1n) is 8.06. The molecule has 132 valence electrons. The molecule has 0 aliphatic carbocycles. The topological polar surface area (TPSA) is 77.3 Å². The Balaban J connectivity index is 1.93. The molecule has 1 aliphatic rings. The minimum absolute atomic E-state index is 0.0307. The predicted molar refractivity (Wildman–Crippen MR) is 86.6 cm³/mol. The van der Waals surface area contributed by atoms with Crippen LogP contribution in [0.25, 0.3) is 5.69 Å². The van der Waals surface area contributed by atoms with Crippen LogP contribution in [-0.2, 0) is 9.53 Å². The highest BCUT2D eigenvalue weighted by molar-refractivity contribution is 5.98. The largest absolute Gasteiger partial charge is 0.469 e. The monoisotopic (exact) mass is 346 g/mol. The molecule has 3 rings (SSSR count). The molecule has 0 bridgehead atoms. The zero-order valence-corrected chi connectivity index (χ0v) is 14.1. The van der Waals surface area contributed by atoms with Crippen molar-refractivity contribution in [3.05, 3.63) is 42.0 Å². The van der Waals surface area contributed by atoms with E-state index in [2.05, 4.69) is 10.2 Å². The number of nitrogens with zero attached hydrogens (tertiary/aromatic N) is 4. The lowest BCUT2D eigenvalue weighted by molar-refractivity contribution is -0.147. The second-order valence-corrected chi connectivity index (χ2v) is 6.08. The second kappa shape index (κ2) is 7.00. The van der Waals surface area contributed by atoms with Crippen LogP contribution < -0.4 is 0 Å². The van der Waals surface area contributed by atoms with Crippen LogP contribution in [0.3, 0.4) is 0 Å². The van der Waals surface area contributed by atoms with Crippen molar-refractivity contribution in [1.29, 1.82) is 0 Å². The summed E-state index contributed by atoms with van der Waals surface area (Å²) in [6.07, 6.45) is 4.28. The van der Waals surface area contributed by atoms with Gasteiger partial charge in [-0.05, 0) is 31.9 Å². The molecule has 2 atom stereocenters. The van der Waals surface area contributed by atoms with Gasteiger partial charge in [0.25, 0.3) is 5.91 Å². The van der Waals surface area contributed by atoms with Gasteiger partial charge in [0, 0.05) is 18.7 Å². The Morgan fingerprint density at radius 1 is 1.24 bits per heavy atom. The van der Waals surface area contributed by atoms with Gasteiger partial charge in [-0.1, -0.05) is 0 Å². The standard InChI is InChI=1S/C17H19FN4O3/c1-11-3-4-12(17(24)25-2)10-21(11)16(23)14-6-5-13(18)9-15(14)22-19-7-8-20-22/h5-9,11-12H,3-4,10H2,1-2H3/t11-,12-/m1/s1. The first kappa shape index (κ1) is 17.1. The highest BCUT2D eigenvalue weighted by Gasteiger charge is 2.34. The minimum atomic E-state index is -0.483. The Hall–Kier alpha value is -2.77. The third-order valence-electron chi connectivity index (χ3n) is 4.50. The molecule has 0 saturated carbocycles. The van der Waals surface area contributed by atoms with Gasteiger partial charge >= 0.3 is 5.97 Å². The van der Waals surface area contributed by atoms with Gasteiger partial charge in [0.05, 0.1) is 31.0 Å². The third-order valence-corrected chi connectivity index (χ3v) is 4.50. The zero-order valence-electron chi connectivity index (χ0n) is 14.1. The van der Waals surface area contributed by atoms with E-state index >= 15 is 0 Å². The van der Waals surface area contributed by atoms with E-state index in [9.17, 15) is 14.0 Å². The lowest BCUT2D eigenvalue weighted by Gasteiger charge is -2.37. The van der Waals surface area contributed by atoms with E-state index < -0.39 is 5.82 Å². The minimum Gasteiger partial charge on any atom is -0.469 e. The lowest BCUT2D eigenvalue weighted by Crippen LogP contribution is -2.47. The van der Waals surface area contributed by atoms with E-state index in [-0.39, 0.29) is 41.6 Å². The number of esters is 1. The van der Waals surface area contributed by atoms with Crippen LogP contribution in [0, 0.1) is 11.7 Å². The summed E-state index contributed by atoms with van der Waals surface area (Å²) >= 11 is 0. The van der Waals surface area contributed by atoms with Gasteiger partial charge in [-0.15, -0.1) is 0 Å². The number of methoxy groups -OCH3 is 1. The van der Waals surface area contributed by atoms with Crippen molar-refractivity contribution in [3.8, 4) is 5.69 Å². The number of hydrogen-bond donors (Lipinski definition) is 0.